The van der Waals surface area contributed by atoms with Crippen molar-refractivity contribution in [1.82, 2.24) is 10.1 Å². The molecule has 1 fully saturated rings. The topological polar surface area (TPSA) is 76.8 Å². The highest BCUT2D eigenvalue weighted by Crippen LogP contribution is 2.25. The third kappa shape index (κ3) is 5.18. The Hall–Kier alpha value is -3.16. The number of aromatic nitrogens is 1. The Morgan fingerprint density at radius 2 is 1.81 bits per heavy atom. The van der Waals surface area contributed by atoms with E-state index in [4.69, 9.17) is 14.0 Å². The number of nitrogens with zero attached hydrogens (tertiary/aromatic N) is 2. The molecule has 1 aliphatic rings. The van der Waals surface area contributed by atoms with Crippen molar-refractivity contribution in [3.63, 3.8) is 0 Å². The number of hydrogen-bond donors (Lipinski definition) is 1. The molecule has 1 aliphatic heterocycles. The molecule has 7 nitrogen and oxygen atoms in total. The molecule has 1 aromatic heterocycles. The quantitative estimate of drug-likeness (QED) is 0.598. The summed E-state index contributed by atoms with van der Waals surface area (Å²) in [6.45, 7) is 10.2. The van der Waals surface area contributed by atoms with Gasteiger partial charge < -0.3 is 19.3 Å². The summed E-state index contributed by atoms with van der Waals surface area (Å²) >= 11 is 0. The van der Waals surface area contributed by atoms with Gasteiger partial charge in [0.2, 0.25) is 0 Å². The van der Waals surface area contributed by atoms with Crippen LogP contribution in [0.4, 0.5) is 5.69 Å². The van der Waals surface area contributed by atoms with Crippen LogP contribution in [0.1, 0.15) is 38.5 Å². The van der Waals surface area contributed by atoms with Crippen LogP contribution in [-0.2, 0) is 17.9 Å². The highest BCUT2D eigenvalue weighted by atomic mass is 16.5. The normalized spacial score (nSPS) is 14.3. The first-order valence-electron chi connectivity index (χ1n) is 10.9. The summed E-state index contributed by atoms with van der Waals surface area (Å²) in [5, 5.41) is 6.95. The Bertz CT molecular complexity index is 1070. The maximum absolute atomic E-state index is 13.0. The molecule has 168 valence electrons. The third-order valence-electron chi connectivity index (χ3n) is 5.66. The highest BCUT2D eigenvalue weighted by Gasteiger charge is 2.21. The van der Waals surface area contributed by atoms with Gasteiger partial charge in [0.1, 0.15) is 18.1 Å². The number of ether oxygens (including phenoxy) is 2. The molecule has 0 bridgehead atoms. The SMILES string of the molecule is Cc1cccc(C)c1OCc1c(C(=O)Nc2cccc(CN3CCOCC3)c2)noc1C. The maximum atomic E-state index is 13.0. The van der Waals surface area contributed by atoms with Gasteiger partial charge in [0.25, 0.3) is 5.91 Å². The zero-order valence-corrected chi connectivity index (χ0v) is 18.8. The molecular weight excluding hydrogens is 406 g/mol. The van der Waals surface area contributed by atoms with Gasteiger partial charge in [0.05, 0.1) is 18.8 Å². The second-order valence-electron chi connectivity index (χ2n) is 8.12. The summed E-state index contributed by atoms with van der Waals surface area (Å²) in [5.74, 6) is 1.07. The Balaban J connectivity index is 1.44. The monoisotopic (exact) mass is 435 g/mol. The molecule has 3 aromatic rings. The van der Waals surface area contributed by atoms with Crippen LogP contribution in [-0.4, -0.2) is 42.3 Å². The van der Waals surface area contributed by atoms with E-state index in [1.807, 2.05) is 50.2 Å². The minimum atomic E-state index is -0.314. The van der Waals surface area contributed by atoms with Gasteiger partial charge in [0.15, 0.2) is 5.69 Å². The van der Waals surface area contributed by atoms with Crippen LogP contribution in [0.5, 0.6) is 5.75 Å². The van der Waals surface area contributed by atoms with Crippen LogP contribution in [0.25, 0.3) is 0 Å². The van der Waals surface area contributed by atoms with E-state index in [0.29, 0.717) is 11.3 Å². The van der Waals surface area contributed by atoms with E-state index < -0.39 is 0 Å². The van der Waals surface area contributed by atoms with Gasteiger partial charge in [-0.05, 0) is 49.6 Å². The van der Waals surface area contributed by atoms with Crippen LogP contribution in [0.2, 0.25) is 0 Å². The van der Waals surface area contributed by atoms with E-state index >= 15 is 0 Å². The molecule has 2 aromatic carbocycles. The van der Waals surface area contributed by atoms with Crippen molar-refractivity contribution in [2.24, 2.45) is 0 Å². The first-order valence-corrected chi connectivity index (χ1v) is 10.9. The van der Waals surface area contributed by atoms with Gasteiger partial charge in [0, 0.05) is 25.3 Å². The van der Waals surface area contributed by atoms with Gasteiger partial charge in [-0.3, -0.25) is 9.69 Å². The molecule has 0 unspecified atom stereocenters. The second-order valence-corrected chi connectivity index (χ2v) is 8.12. The summed E-state index contributed by atoms with van der Waals surface area (Å²) in [7, 11) is 0. The van der Waals surface area contributed by atoms with Crippen molar-refractivity contribution >= 4 is 11.6 Å². The van der Waals surface area contributed by atoms with Crippen molar-refractivity contribution in [3.05, 3.63) is 76.2 Å². The van der Waals surface area contributed by atoms with Crippen LogP contribution in [0, 0.1) is 20.8 Å². The molecule has 0 aliphatic carbocycles. The number of carbonyl (C=O) groups is 1. The lowest BCUT2D eigenvalue weighted by molar-refractivity contribution is 0.0342. The summed E-state index contributed by atoms with van der Waals surface area (Å²) in [5.41, 5.74) is 4.84. The number of hydrogen-bond acceptors (Lipinski definition) is 6. The zero-order valence-electron chi connectivity index (χ0n) is 18.8. The zero-order chi connectivity index (χ0) is 22.5. The molecule has 7 heteroatoms. The predicted octanol–water partition coefficient (Wildman–Crippen LogP) is 4.26. The number of nitrogens with one attached hydrogen (secondary N) is 1. The van der Waals surface area contributed by atoms with Crippen molar-refractivity contribution < 1.29 is 18.8 Å². The minimum Gasteiger partial charge on any atom is -0.488 e. The third-order valence-corrected chi connectivity index (χ3v) is 5.66. The minimum absolute atomic E-state index is 0.209. The smallest absolute Gasteiger partial charge is 0.278 e. The maximum Gasteiger partial charge on any atom is 0.278 e. The number of para-hydroxylation sites is 1. The van der Waals surface area contributed by atoms with Crippen LogP contribution >= 0.6 is 0 Å². The highest BCUT2D eigenvalue weighted by molar-refractivity contribution is 6.03. The molecule has 0 spiro atoms. The first-order chi connectivity index (χ1) is 15.5. The molecular formula is C25H29N3O4. The molecule has 0 atom stereocenters. The number of aryl methyl sites for hydroxylation is 3. The van der Waals surface area contributed by atoms with Crippen molar-refractivity contribution in [1.29, 1.82) is 0 Å². The Labute approximate surface area is 188 Å². The lowest BCUT2D eigenvalue weighted by Gasteiger charge is -2.26. The number of benzene rings is 2. The summed E-state index contributed by atoms with van der Waals surface area (Å²) in [6.07, 6.45) is 0. The van der Waals surface area contributed by atoms with E-state index in [9.17, 15) is 4.79 Å². The average molecular weight is 436 g/mol. The fourth-order valence-electron chi connectivity index (χ4n) is 3.87. The van der Waals surface area contributed by atoms with Crippen molar-refractivity contribution in [2.45, 2.75) is 33.9 Å². The fourth-order valence-corrected chi connectivity index (χ4v) is 3.87. The molecule has 1 saturated heterocycles. The second kappa shape index (κ2) is 9.97. The summed E-state index contributed by atoms with van der Waals surface area (Å²) in [6, 6.07) is 13.9. The number of morpholine rings is 1. The summed E-state index contributed by atoms with van der Waals surface area (Å²) in [4.78, 5) is 15.3. The number of rotatable bonds is 7. The molecule has 4 rings (SSSR count). The average Bonchev–Trinajstić information content (AvgIpc) is 3.15. The number of carbonyl (C=O) groups excluding carboxylic acids is 1. The van der Waals surface area contributed by atoms with E-state index in [-0.39, 0.29) is 18.2 Å². The van der Waals surface area contributed by atoms with Gasteiger partial charge in [-0.25, -0.2) is 0 Å². The summed E-state index contributed by atoms with van der Waals surface area (Å²) < 4.78 is 16.8. The van der Waals surface area contributed by atoms with Crippen molar-refractivity contribution in [2.75, 3.05) is 31.6 Å². The Morgan fingerprint density at radius 1 is 1.09 bits per heavy atom. The molecule has 1 amide bonds. The van der Waals surface area contributed by atoms with Gasteiger partial charge in [-0.1, -0.05) is 35.5 Å². The van der Waals surface area contributed by atoms with Crippen LogP contribution < -0.4 is 10.1 Å². The lowest BCUT2D eigenvalue weighted by atomic mass is 10.1. The standard InChI is InChI=1S/C25H29N3O4/c1-17-6-4-7-18(2)24(17)31-16-22-19(3)32-27-23(22)25(29)26-21-9-5-8-20(14-21)15-28-10-12-30-13-11-28/h4-9,14H,10-13,15-16H2,1-3H3,(H,26,29). The van der Waals surface area contributed by atoms with Gasteiger partial charge in [-0.15, -0.1) is 0 Å². The van der Waals surface area contributed by atoms with E-state index in [2.05, 4.69) is 21.4 Å². The number of anilines is 1. The molecule has 0 saturated carbocycles. The van der Waals surface area contributed by atoms with E-state index in [1.54, 1.807) is 6.92 Å². The molecule has 32 heavy (non-hydrogen) atoms. The predicted molar refractivity (Wildman–Crippen MR) is 122 cm³/mol. The van der Waals surface area contributed by atoms with E-state index in [1.165, 1.54) is 0 Å². The van der Waals surface area contributed by atoms with Crippen LogP contribution in [0.3, 0.4) is 0 Å². The van der Waals surface area contributed by atoms with Gasteiger partial charge in [-0.2, -0.15) is 0 Å². The van der Waals surface area contributed by atoms with Crippen LogP contribution in [0.15, 0.2) is 47.0 Å². The number of amides is 1. The Morgan fingerprint density at radius 3 is 2.56 bits per heavy atom. The lowest BCUT2D eigenvalue weighted by Crippen LogP contribution is -2.35. The van der Waals surface area contributed by atoms with Gasteiger partial charge >= 0.3 is 0 Å². The Kier molecular flexibility index (Phi) is 6.87. The molecule has 2 heterocycles. The molecule has 1 N–H and O–H groups in total. The molecule has 0 radical (unpaired) electrons. The van der Waals surface area contributed by atoms with Crippen molar-refractivity contribution in [3.8, 4) is 5.75 Å². The van der Waals surface area contributed by atoms with E-state index in [0.717, 1.165) is 61.0 Å². The first kappa shape index (κ1) is 22.0. The fraction of sp³-hybridized carbons (Fsp3) is 0.360. The largest absolute Gasteiger partial charge is 0.488 e.